The summed E-state index contributed by atoms with van der Waals surface area (Å²) in [7, 11) is 3.28. The minimum Gasteiger partial charge on any atom is -0.496 e. The molecule has 0 bridgehead atoms. The van der Waals surface area contributed by atoms with Crippen LogP contribution in [-0.2, 0) is 20.6 Å². The van der Waals surface area contributed by atoms with Crippen LogP contribution in [0.5, 0.6) is 11.5 Å². The number of hydrogen-bond acceptors (Lipinski definition) is 8. The number of benzene rings is 1. The van der Waals surface area contributed by atoms with E-state index in [9.17, 15) is 27.6 Å². The number of aromatic nitrogens is 2. The minimum absolute atomic E-state index is 0.0830. The number of carbonyl (C=O) groups excluding carboxylic acids is 3. The lowest BCUT2D eigenvalue weighted by molar-refractivity contribution is -0.143. The topological polar surface area (TPSA) is 102 Å². The lowest BCUT2D eigenvalue weighted by atomic mass is 9.91. The molecule has 1 saturated heterocycles. The van der Waals surface area contributed by atoms with Gasteiger partial charge in [0, 0.05) is 54.2 Å². The lowest BCUT2D eigenvalue weighted by Gasteiger charge is -2.28. The number of Topliss-reactive ketones (excluding diaryl/α,β-unsaturated/α-hetero) is 1. The summed E-state index contributed by atoms with van der Waals surface area (Å²) in [6.45, 7) is 4.15. The van der Waals surface area contributed by atoms with E-state index in [1.54, 1.807) is 42.0 Å². The molecule has 2 aliphatic heterocycles. The second kappa shape index (κ2) is 13.7. The number of thiazole rings is 1. The number of likely N-dealkylation sites (N-methyl/N-ethyl adjacent to an activating group) is 1. The van der Waals surface area contributed by atoms with E-state index in [-0.39, 0.29) is 53.6 Å². The Morgan fingerprint density at radius 3 is 2.63 bits per heavy atom. The molecule has 2 amide bonds. The summed E-state index contributed by atoms with van der Waals surface area (Å²) in [6.07, 6.45) is 4.13. The zero-order valence-electron chi connectivity index (χ0n) is 28.1. The normalized spacial score (nSPS) is 26.0. The fourth-order valence-electron chi connectivity index (χ4n) is 7.29. The molecule has 2 fully saturated rings. The number of hydrogen-bond donors (Lipinski definition) is 0. The Morgan fingerprint density at radius 1 is 1.12 bits per heavy atom. The van der Waals surface area contributed by atoms with Crippen LogP contribution in [0.15, 0.2) is 35.7 Å². The van der Waals surface area contributed by atoms with Gasteiger partial charge in [-0.15, -0.1) is 11.3 Å². The fourth-order valence-corrected chi connectivity index (χ4v) is 8.08. The third-order valence-electron chi connectivity index (χ3n) is 10.2. The van der Waals surface area contributed by atoms with E-state index in [0.29, 0.717) is 47.4 Å². The van der Waals surface area contributed by atoms with Crippen molar-refractivity contribution in [1.29, 1.82) is 0 Å². The Morgan fingerprint density at radius 2 is 1.92 bits per heavy atom. The molecule has 9 nitrogen and oxygen atoms in total. The SMILES string of the molecule is COc1ccc2c(O[C@H]3C[C@H]4C(=O)N(C)CCCC/C=C\[C@@H]5C[C@@]5(C(C)=O)CCCC(=O)N4C3)cc(-c3nc(C(F)(F)F)cs3)nc2c1C. The number of halogens is 3. The van der Waals surface area contributed by atoms with Crippen molar-refractivity contribution in [2.45, 2.75) is 83.5 Å². The average molecular weight is 699 g/mol. The predicted molar refractivity (Wildman–Crippen MR) is 179 cm³/mol. The third-order valence-corrected chi connectivity index (χ3v) is 11.1. The number of ether oxygens (including phenoxy) is 2. The largest absolute Gasteiger partial charge is 0.496 e. The summed E-state index contributed by atoms with van der Waals surface area (Å²) >= 11 is 0.836. The Bertz CT molecular complexity index is 1790. The molecule has 2 aromatic heterocycles. The van der Waals surface area contributed by atoms with Gasteiger partial charge >= 0.3 is 6.18 Å². The first-order valence-electron chi connectivity index (χ1n) is 16.7. The molecule has 4 heterocycles. The van der Waals surface area contributed by atoms with Crippen molar-refractivity contribution in [2.24, 2.45) is 11.3 Å². The highest BCUT2D eigenvalue weighted by Gasteiger charge is 2.55. The predicted octanol–water partition coefficient (Wildman–Crippen LogP) is 7.01. The van der Waals surface area contributed by atoms with Crippen molar-refractivity contribution in [3.05, 3.63) is 47.0 Å². The summed E-state index contributed by atoms with van der Waals surface area (Å²) in [5, 5.41) is 1.65. The number of amides is 2. The number of allylic oxidation sites excluding steroid dienone is 2. The maximum atomic E-state index is 13.8. The van der Waals surface area contributed by atoms with Gasteiger partial charge in [0.15, 0.2) is 5.69 Å². The smallest absolute Gasteiger partial charge is 0.434 e. The van der Waals surface area contributed by atoms with E-state index < -0.39 is 29.4 Å². The molecule has 262 valence electrons. The zero-order chi connectivity index (χ0) is 35.1. The van der Waals surface area contributed by atoms with Crippen LogP contribution in [0.2, 0.25) is 0 Å². The van der Waals surface area contributed by atoms with Gasteiger partial charge in [-0.05, 0) is 70.4 Å². The van der Waals surface area contributed by atoms with Gasteiger partial charge in [-0.3, -0.25) is 14.4 Å². The van der Waals surface area contributed by atoms with Crippen molar-refractivity contribution >= 4 is 39.8 Å². The minimum atomic E-state index is -4.60. The van der Waals surface area contributed by atoms with Crippen LogP contribution < -0.4 is 9.47 Å². The molecule has 0 radical (unpaired) electrons. The second-order valence-corrected chi connectivity index (χ2v) is 14.3. The number of fused-ring (bicyclic) bond motifs is 3. The molecule has 0 unspecified atom stereocenters. The number of ketones is 1. The standard InChI is InChI=1S/C36H41F3N4O5S/c1-21-28(47-4)13-12-25-29(17-26(40-32(21)25)33-41-30(20-49-33)36(37,38)39)48-24-16-27-34(46)42(3)15-8-6-5-7-10-23-18-35(23,22(2)44)14-9-11-31(45)43(27)19-24/h7,10,12-13,17,20,23-24,27H,5-6,8-9,11,14-16,18-19H2,1-4H3/b10-7-/t23-,24+,27+,35-/m1/s1. The molecule has 1 aliphatic carbocycles. The number of nitrogens with zero attached hydrogens (tertiary/aromatic N) is 4. The van der Waals surface area contributed by atoms with Crippen molar-refractivity contribution in [3.63, 3.8) is 0 Å². The highest BCUT2D eigenvalue weighted by Crippen LogP contribution is 2.57. The number of methoxy groups -OCH3 is 1. The van der Waals surface area contributed by atoms with Gasteiger partial charge in [0.25, 0.3) is 0 Å². The number of rotatable bonds is 5. The van der Waals surface area contributed by atoms with Gasteiger partial charge in [0.05, 0.1) is 19.2 Å². The van der Waals surface area contributed by atoms with E-state index in [1.165, 1.54) is 7.11 Å². The number of pyridine rings is 1. The maximum absolute atomic E-state index is 13.8. The van der Waals surface area contributed by atoms with Gasteiger partial charge < -0.3 is 19.3 Å². The molecular formula is C36H41F3N4O5S. The molecule has 49 heavy (non-hydrogen) atoms. The first-order chi connectivity index (χ1) is 23.3. The zero-order valence-corrected chi connectivity index (χ0v) is 29.0. The van der Waals surface area contributed by atoms with Gasteiger partial charge in [-0.1, -0.05) is 12.2 Å². The van der Waals surface area contributed by atoms with Crippen LogP contribution in [0.1, 0.15) is 69.5 Å². The summed E-state index contributed by atoms with van der Waals surface area (Å²) in [4.78, 5) is 52.0. The Kier molecular flexibility index (Phi) is 9.76. The van der Waals surface area contributed by atoms with Crippen LogP contribution in [0.4, 0.5) is 13.2 Å². The molecular weight excluding hydrogens is 657 g/mol. The summed E-state index contributed by atoms with van der Waals surface area (Å²) in [6, 6.07) is 4.40. The van der Waals surface area contributed by atoms with Gasteiger partial charge in [-0.2, -0.15) is 13.2 Å². The molecule has 13 heteroatoms. The van der Waals surface area contributed by atoms with Gasteiger partial charge in [0.2, 0.25) is 11.8 Å². The number of aryl methyl sites for hydroxylation is 1. The van der Waals surface area contributed by atoms with E-state index in [4.69, 9.17) is 9.47 Å². The van der Waals surface area contributed by atoms with E-state index >= 15 is 0 Å². The Balaban J connectivity index is 1.30. The monoisotopic (exact) mass is 698 g/mol. The molecule has 1 aromatic carbocycles. The molecule has 6 rings (SSSR count). The Labute approximate surface area is 287 Å². The average Bonchev–Trinajstić information content (AvgIpc) is 3.36. The highest BCUT2D eigenvalue weighted by atomic mass is 32.1. The second-order valence-electron chi connectivity index (χ2n) is 13.4. The molecule has 1 saturated carbocycles. The summed E-state index contributed by atoms with van der Waals surface area (Å²) in [5.41, 5.74) is -0.0311. The molecule has 4 atom stereocenters. The summed E-state index contributed by atoms with van der Waals surface area (Å²) < 4.78 is 52.3. The van der Waals surface area contributed by atoms with Crippen molar-refractivity contribution in [2.75, 3.05) is 27.2 Å². The highest BCUT2D eigenvalue weighted by molar-refractivity contribution is 7.13. The van der Waals surface area contributed by atoms with E-state index in [2.05, 4.69) is 22.1 Å². The molecule has 0 spiro atoms. The van der Waals surface area contributed by atoms with Crippen molar-refractivity contribution in [1.82, 2.24) is 19.8 Å². The van der Waals surface area contributed by atoms with Crippen LogP contribution >= 0.6 is 11.3 Å². The lowest BCUT2D eigenvalue weighted by Crippen LogP contribution is -2.46. The van der Waals surface area contributed by atoms with Gasteiger partial charge in [0.1, 0.15) is 40.1 Å². The van der Waals surface area contributed by atoms with Crippen LogP contribution in [0, 0.1) is 18.3 Å². The fraction of sp³-hybridized carbons (Fsp3) is 0.528. The van der Waals surface area contributed by atoms with Crippen LogP contribution in [0.3, 0.4) is 0 Å². The van der Waals surface area contributed by atoms with E-state index in [0.717, 1.165) is 42.4 Å². The van der Waals surface area contributed by atoms with Crippen LogP contribution in [-0.4, -0.2) is 76.8 Å². The summed E-state index contributed by atoms with van der Waals surface area (Å²) in [5.74, 6) is 0.960. The third kappa shape index (κ3) is 7.04. The van der Waals surface area contributed by atoms with Crippen LogP contribution in [0.25, 0.3) is 21.6 Å². The first kappa shape index (κ1) is 34.8. The first-order valence-corrected chi connectivity index (χ1v) is 17.6. The Hall–Kier alpha value is -4.00. The molecule has 3 aliphatic rings. The molecule has 0 N–H and O–H groups in total. The van der Waals surface area contributed by atoms with Crippen molar-refractivity contribution in [3.8, 4) is 22.2 Å². The quantitative estimate of drug-likeness (QED) is 0.265. The maximum Gasteiger partial charge on any atom is 0.434 e. The molecule has 3 aromatic rings. The number of carbonyl (C=O) groups is 3. The number of alkyl halides is 3. The van der Waals surface area contributed by atoms with E-state index in [1.807, 2.05) is 6.92 Å². The van der Waals surface area contributed by atoms with Crippen molar-refractivity contribution < 1.29 is 37.0 Å². The van der Waals surface area contributed by atoms with Gasteiger partial charge in [-0.25, -0.2) is 9.97 Å².